The molecule has 100 valence electrons. The SMILES string of the molecule is CC[C@H]1CC2Cc3c(ccc(O)c3Cl)C2=C(C)C1=O. The lowest BCUT2D eigenvalue weighted by atomic mass is 9.76. The van der Waals surface area contributed by atoms with Gasteiger partial charge in [0, 0.05) is 5.92 Å². The van der Waals surface area contributed by atoms with E-state index in [1.54, 1.807) is 6.07 Å². The minimum absolute atomic E-state index is 0.135. The number of allylic oxidation sites excluding steroid dienone is 2. The van der Waals surface area contributed by atoms with Crippen molar-refractivity contribution in [3.05, 3.63) is 33.9 Å². The number of benzene rings is 1. The third-order valence-electron chi connectivity index (χ3n) is 4.58. The lowest BCUT2D eigenvalue weighted by Crippen LogP contribution is -2.25. The summed E-state index contributed by atoms with van der Waals surface area (Å²) in [5.41, 5.74) is 4.12. The van der Waals surface area contributed by atoms with Crippen molar-refractivity contribution in [2.75, 3.05) is 0 Å². The van der Waals surface area contributed by atoms with Gasteiger partial charge in [-0.3, -0.25) is 4.79 Å². The van der Waals surface area contributed by atoms with Gasteiger partial charge >= 0.3 is 0 Å². The Kier molecular flexibility index (Phi) is 2.94. The molecule has 0 aromatic heterocycles. The molecule has 3 heteroatoms. The number of ketones is 1. The number of halogens is 1. The maximum Gasteiger partial charge on any atom is 0.161 e. The van der Waals surface area contributed by atoms with Crippen molar-refractivity contribution >= 4 is 23.0 Å². The largest absolute Gasteiger partial charge is 0.506 e. The summed E-state index contributed by atoms with van der Waals surface area (Å²) in [6, 6.07) is 3.52. The van der Waals surface area contributed by atoms with Gasteiger partial charge in [-0.05, 0) is 60.4 Å². The van der Waals surface area contributed by atoms with Gasteiger partial charge in [-0.25, -0.2) is 0 Å². The van der Waals surface area contributed by atoms with Crippen LogP contribution in [-0.2, 0) is 11.2 Å². The number of carbonyl (C=O) groups is 1. The predicted molar refractivity (Wildman–Crippen MR) is 76.3 cm³/mol. The fourth-order valence-corrected chi connectivity index (χ4v) is 3.82. The second-order valence-electron chi connectivity index (χ2n) is 5.57. The van der Waals surface area contributed by atoms with Crippen LogP contribution in [0.25, 0.3) is 5.57 Å². The first-order valence-electron chi connectivity index (χ1n) is 6.80. The molecule has 1 aromatic rings. The summed E-state index contributed by atoms with van der Waals surface area (Å²) >= 11 is 6.20. The van der Waals surface area contributed by atoms with Crippen LogP contribution in [0.2, 0.25) is 5.02 Å². The van der Waals surface area contributed by atoms with Crippen LogP contribution in [0.3, 0.4) is 0 Å². The van der Waals surface area contributed by atoms with Gasteiger partial charge in [0.05, 0.1) is 5.02 Å². The van der Waals surface area contributed by atoms with Crippen molar-refractivity contribution in [1.82, 2.24) is 0 Å². The highest BCUT2D eigenvalue weighted by Crippen LogP contribution is 2.49. The molecule has 2 nitrogen and oxygen atoms in total. The smallest absolute Gasteiger partial charge is 0.161 e. The van der Waals surface area contributed by atoms with Gasteiger partial charge in [0.2, 0.25) is 0 Å². The normalized spacial score (nSPS) is 25.5. The van der Waals surface area contributed by atoms with E-state index in [-0.39, 0.29) is 17.5 Å². The van der Waals surface area contributed by atoms with E-state index in [1.807, 2.05) is 13.0 Å². The van der Waals surface area contributed by atoms with E-state index in [0.29, 0.717) is 10.9 Å². The average Bonchev–Trinajstić information content (AvgIpc) is 2.77. The molecule has 19 heavy (non-hydrogen) atoms. The minimum Gasteiger partial charge on any atom is -0.506 e. The molecule has 1 N–H and O–H groups in total. The molecule has 0 spiro atoms. The fourth-order valence-electron chi connectivity index (χ4n) is 3.58. The van der Waals surface area contributed by atoms with Crippen molar-refractivity contribution < 1.29 is 9.90 Å². The number of hydrogen-bond donors (Lipinski definition) is 1. The van der Waals surface area contributed by atoms with E-state index in [2.05, 4.69) is 6.92 Å². The van der Waals surface area contributed by atoms with E-state index >= 15 is 0 Å². The lowest BCUT2D eigenvalue weighted by molar-refractivity contribution is -0.120. The monoisotopic (exact) mass is 276 g/mol. The fraction of sp³-hybridized carbons (Fsp3) is 0.438. The average molecular weight is 277 g/mol. The van der Waals surface area contributed by atoms with Crippen LogP contribution in [0.4, 0.5) is 0 Å². The topological polar surface area (TPSA) is 37.3 Å². The third-order valence-corrected chi connectivity index (χ3v) is 5.00. The van der Waals surface area contributed by atoms with E-state index in [4.69, 9.17) is 11.6 Å². The van der Waals surface area contributed by atoms with E-state index in [0.717, 1.165) is 41.5 Å². The molecule has 2 atom stereocenters. The molecule has 0 fully saturated rings. The Morgan fingerprint density at radius 3 is 2.84 bits per heavy atom. The molecule has 0 bridgehead atoms. The van der Waals surface area contributed by atoms with Crippen LogP contribution in [0, 0.1) is 11.8 Å². The first kappa shape index (κ1) is 12.7. The zero-order chi connectivity index (χ0) is 13.7. The highest BCUT2D eigenvalue weighted by Gasteiger charge is 2.39. The molecule has 1 unspecified atom stereocenters. The first-order chi connectivity index (χ1) is 9.04. The van der Waals surface area contributed by atoms with Gasteiger partial charge in [0.1, 0.15) is 5.75 Å². The molecule has 0 saturated carbocycles. The summed E-state index contributed by atoms with van der Waals surface area (Å²) in [5.74, 6) is 0.953. The molecule has 2 aliphatic carbocycles. The Balaban J connectivity index is 2.16. The lowest BCUT2D eigenvalue weighted by Gasteiger charge is -2.27. The number of aromatic hydroxyl groups is 1. The quantitative estimate of drug-likeness (QED) is 0.842. The van der Waals surface area contributed by atoms with Crippen molar-refractivity contribution in [2.45, 2.75) is 33.1 Å². The van der Waals surface area contributed by atoms with Gasteiger partial charge in [-0.15, -0.1) is 0 Å². The summed E-state index contributed by atoms with van der Waals surface area (Å²) in [6.07, 6.45) is 2.65. The molecule has 1 aromatic carbocycles. The van der Waals surface area contributed by atoms with E-state index in [9.17, 15) is 9.90 Å². The van der Waals surface area contributed by atoms with Crippen LogP contribution in [0.1, 0.15) is 37.8 Å². The Labute approximate surface area is 118 Å². The van der Waals surface area contributed by atoms with Crippen molar-refractivity contribution in [1.29, 1.82) is 0 Å². The maximum atomic E-state index is 12.3. The number of rotatable bonds is 1. The molecule has 0 saturated heterocycles. The predicted octanol–water partition coefficient (Wildman–Crippen LogP) is 3.99. The molecule has 0 heterocycles. The summed E-state index contributed by atoms with van der Waals surface area (Å²) in [6.45, 7) is 4.00. The Bertz CT molecular complexity index is 601. The molecule has 2 aliphatic rings. The number of carbonyl (C=O) groups excluding carboxylic acids is 1. The number of hydrogen-bond acceptors (Lipinski definition) is 2. The first-order valence-corrected chi connectivity index (χ1v) is 7.18. The summed E-state index contributed by atoms with van der Waals surface area (Å²) < 4.78 is 0. The van der Waals surface area contributed by atoms with E-state index in [1.165, 1.54) is 0 Å². The van der Waals surface area contributed by atoms with E-state index < -0.39 is 0 Å². The summed E-state index contributed by atoms with van der Waals surface area (Å²) in [5, 5.41) is 10.2. The van der Waals surface area contributed by atoms with Crippen LogP contribution in [0.15, 0.2) is 17.7 Å². The van der Waals surface area contributed by atoms with Gasteiger partial charge in [0.25, 0.3) is 0 Å². The molecule has 0 amide bonds. The van der Waals surface area contributed by atoms with Gasteiger partial charge in [-0.2, -0.15) is 0 Å². The number of Topliss-reactive ketones (excluding diaryl/α,β-unsaturated/α-hetero) is 1. The highest BCUT2D eigenvalue weighted by molar-refractivity contribution is 6.33. The third kappa shape index (κ3) is 1.73. The van der Waals surface area contributed by atoms with Gasteiger partial charge in [-0.1, -0.05) is 24.6 Å². The molecular formula is C16H17ClO2. The summed E-state index contributed by atoms with van der Waals surface area (Å²) in [4.78, 5) is 12.3. The molecule has 0 aliphatic heterocycles. The van der Waals surface area contributed by atoms with Crippen molar-refractivity contribution in [3.8, 4) is 5.75 Å². The summed E-state index contributed by atoms with van der Waals surface area (Å²) in [7, 11) is 0. The maximum absolute atomic E-state index is 12.3. The van der Waals surface area contributed by atoms with Crippen molar-refractivity contribution in [2.24, 2.45) is 11.8 Å². The molecule has 0 radical (unpaired) electrons. The number of phenolic OH excluding ortho intramolecular Hbond substituents is 1. The number of fused-ring (bicyclic) bond motifs is 3. The molecular weight excluding hydrogens is 260 g/mol. The Hall–Kier alpha value is -1.28. The number of phenols is 1. The van der Waals surface area contributed by atoms with Crippen LogP contribution in [0.5, 0.6) is 5.75 Å². The standard InChI is InChI=1S/C16H17ClO2/c1-3-9-6-10-7-12-11(4-5-13(18)15(12)17)14(10)8(2)16(9)19/h4-5,9-10,18H,3,6-7H2,1-2H3/t9-,10?/m0/s1. The second-order valence-corrected chi connectivity index (χ2v) is 5.95. The highest BCUT2D eigenvalue weighted by atomic mass is 35.5. The Morgan fingerprint density at radius 2 is 2.16 bits per heavy atom. The van der Waals surface area contributed by atoms with Gasteiger partial charge < -0.3 is 5.11 Å². The van der Waals surface area contributed by atoms with Crippen LogP contribution < -0.4 is 0 Å². The minimum atomic E-state index is 0.135. The van der Waals surface area contributed by atoms with Gasteiger partial charge in [0.15, 0.2) is 5.78 Å². The molecule has 3 rings (SSSR count). The zero-order valence-corrected chi connectivity index (χ0v) is 11.9. The van der Waals surface area contributed by atoms with Crippen LogP contribution in [-0.4, -0.2) is 10.9 Å². The van der Waals surface area contributed by atoms with Crippen molar-refractivity contribution in [3.63, 3.8) is 0 Å². The van der Waals surface area contributed by atoms with Crippen LogP contribution >= 0.6 is 11.6 Å². The Morgan fingerprint density at radius 1 is 1.42 bits per heavy atom. The zero-order valence-electron chi connectivity index (χ0n) is 11.2. The second kappa shape index (κ2) is 4.38.